The number of esters is 1. The summed E-state index contributed by atoms with van der Waals surface area (Å²) >= 11 is 12.9. The summed E-state index contributed by atoms with van der Waals surface area (Å²) in [5.74, 6) is -1.29. The molecule has 3 aromatic carbocycles. The average Bonchev–Trinajstić information content (AvgIpc) is 3.12. The van der Waals surface area contributed by atoms with Crippen LogP contribution >= 0.6 is 23.2 Å². The second-order valence-corrected chi connectivity index (χ2v) is 13.1. The molecule has 0 radical (unpaired) electrons. The maximum Gasteiger partial charge on any atom is 0.415 e. The number of anilines is 1. The third-order valence-corrected chi connectivity index (χ3v) is 9.90. The molecule has 3 aliphatic rings. The van der Waals surface area contributed by atoms with E-state index in [1.165, 1.54) is 32.4 Å². The van der Waals surface area contributed by atoms with Crippen LogP contribution < -0.4 is 19.4 Å². The number of nitrogens with one attached hydrogen (secondary N) is 1. The number of ether oxygens (including phenoxy) is 4. The summed E-state index contributed by atoms with van der Waals surface area (Å²) in [7, 11) is 3.02. The Kier molecular flexibility index (Phi) is 11.1. The van der Waals surface area contributed by atoms with Crippen molar-refractivity contribution in [1.29, 1.82) is 0 Å². The average molecular weight is 728 g/mol. The lowest BCUT2D eigenvalue weighted by Gasteiger charge is -2.44. The molecule has 2 atom stereocenters. The van der Waals surface area contributed by atoms with Gasteiger partial charge in [-0.3, -0.25) is 9.80 Å². The van der Waals surface area contributed by atoms with Crippen LogP contribution in [0.15, 0.2) is 73.1 Å². The number of piperidine rings is 3. The minimum absolute atomic E-state index is 0.149. The zero-order valence-electron chi connectivity index (χ0n) is 27.5. The van der Waals surface area contributed by atoms with Crippen molar-refractivity contribution >= 4 is 41.0 Å². The van der Waals surface area contributed by atoms with E-state index in [1.807, 2.05) is 0 Å². The topological polar surface area (TPSA) is 91.7 Å². The monoisotopic (exact) mass is 726 g/mol. The molecule has 3 aliphatic heterocycles. The molecule has 0 saturated carbocycles. The molecule has 262 valence electrons. The van der Waals surface area contributed by atoms with Gasteiger partial charge >= 0.3 is 12.1 Å². The van der Waals surface area contributed by atoms with Gasteiger partial charge in [0.1, 0.15) is 39.6 Å². The molecule has 4 heterocycles. The zero-order chi connectivity index (χ0) is 35.4. The number of hydrogen-bond donors (Lipinski definition) is 0. The molecule has 1 unspecified atom stereocenters. The van der Waals surface area contributed by atoms with Gasteiger partial charge in [-0.05, 0) is 79.4 Å². The minimum Gasteiger partial charge on any atom is -0.493 e. The normalized spacial score (nSPS) is 18.6. The van der Waals surface area contributed by atoms with Crippen LogP contribution in [-0.2, 0) is 22.4 Å². The maximum absolute atomic E-state index is 15.0. The number of carbonyl (C=O) groups excluding carboxylic acids is 2. The number of hydrogen-bond acceptors (Lipinski definition) is 7. The standard InChI is InChI=1S/C37H35Cl2F2N3O6/c1-47-31-11-10-25(16-33(31)48-2)32(17-26-27(38)18-42-19-28(26)39)49-36(45)24-8-6-22(7-9-24)20-44(35-29(40)4-3-5-30(35)41)37(46)50-34-21-43-14-12-23(34)13-15-43/h3-11,16,18-19,23,32,34H,12-15,17,20-21H2,1-2H3/p+1/t32-,34?/m0/s1. The molecule has 9 nitrogen and oxygen atoms in total. The van der Waals surface area contributed by atoms with Gasteiger partial charge in [0.05, 0.1) is 26.3 Å². The van der Waals surface area contributed by atoms with E-state index in [-0.39, 0.29) is 30.6 Å². The quantitative estimate of drug-likeness (QED) is 0.148. The third kappa shape index (κ3) is 7.80. The van der Waals surface area contributed by atoms with E-state index in [9.17, 15) is 9.59 Å². The molecule has 1 amide bonds. The summed E-state index contributed by atoms with van der Waals surface area (Å²) < 4.78 is 52.8. The first kappa shape index (κ1) is 35.4. The Morgan fingerprint density at radius 3 is 2.20 bits per heavy atom. The summed E-state index contributed by atoms with van der Waals surface area (Å²) in [4.78, 5) is 33.2. The molecular formula is C37H36Cl2F2N3O6+. The van der Waals surface area contributed by atoms with Crippen molar-refractivity contribution in [3.05, 3.63) is 117 Å². The number of aromatic nitrogens is 1. The van der Waals surface area contributed by atoms with Crippen molar-refractivity contribution in [2.24, 2.45) is 5.92 Å². The molecule has 3 fully saturated rings. The van der Waals surface area contributed by atoms with Crippen molar-refractivity contribution < 1.29 is 42.3 Å². The first-order chi connectivity index (χ1) is 24.1. The molecule has 1 N–H and O–H groups in total. The van der Waals surface area contributed by atoms with Gasteiger partial charge in [0, 0.05) is 18.5 Å². The molecule has 50 heavy (non-hydrogen) atoms. The van der Waals surface area contributed by atoms with Gasteiger partial charge in [-0.2, -0.15) is 0 Å². The number of rotatable bonds is 11. The van der Waals surface area contributed by atoms with Crippen molar-refractivity contribution in [2.75, 3.05) is 38.8 Å². The largest absolute Gasteiger partial charge is 0.493 e. The van der Waals surface area contributed by atoms with Crippen molar-refractivity contribution in [2.45, 2.75) is 38.0 Å². The van der Waals surface area contributed by atoms with E-state index in [2.05, 4.69) is 9.88 Å². The van der Waals surface area contributed by atoms with Crippen molar-refractivity contribution in [3.63, 3.8) is 0 Å². The Morgan fingerprint density at radius 2 is 1.60 bits per heavy atom. The molecular weight excluding hydrogens is 691 g/mol. The van der Waals surface area contributed by atoms with Crippen LogP contribution in [0.4, 0.5) is 19.3 Å². The predicted octanol–water partition coefficient (Wildman–Crippen LogP) is 7.48. The van der Waals surface area contributed by atoms with Gasteiger partial charge in [0.15, 0.2) is 23.9 Å². The van der Waals surface area contributed by atoms with Gasteiger partial charge in [-0.25, -0.2) is 23.4 Å². The molecule has 3 saturated heterocycles. The number of benzene rings is 3. The lowest BCUT2D eigenvalue weighted by molar-refractivity contribution is -0.377. The number of aromatic amines is 1. The lowest BCUT2D eigenvalue weighted by Crippen LogP contribution is -2.53. The molecule has 0 aliphatic carbocycles. The fraction of sp³-hybridized carbons (Fsp3) is 0.324. The summed E-state index contributed by atoms with van der Waals surface area (Å²) in [6, 6.07) is 14.8. The molecule has 2 bridgehead atoms. The number of H-pyrrole nitrogens is 1. The van der Waals surface area contributed by atoms with Crippen LogP contribution in [-0.4, -0.2) is 56.9 Å². The predicted molar refractivity (Wildman–Crippen MR) is 183 cm³/mol. The smallest absolute Gasteiger partial charge is 0.415 e. The number of methoxy groups -OCH3 is 2. The molecule has 4 aromatic rings. The number of halogens is 4. The highest BCUT2D eigenvalue weighted by Gasteiger charge is 2.38. The Bertz CT molecular complexity index is 1820. The Hall–Kier alpha value is -4.45. The SMILES string of the molecule is COc1ccc([C@H](Cc2c(Cl)c[nH+]cc2Cl)OC(=O)c2ccc(CN(C(=O)OC3CN4CCC3CC4)c3c(F)cccc3F)cc2)cc1OC. The second-order valence-electron chi connectivity index (χ2n) is 12.3. The Labute approximate surface area is 298 Å². The summed E-state index contributed by atoms with van der Waals surface area (Å²) in [5.41, 5.74) is 1.38. The first-order valence-corrected chi connectivity index (χ1v) is 16.9. The lowest BCUT2D eigenvalue weighted by atomic mass is 9.86. The Balaban J connectivity index is 1.23. The van der Waals surface area contributed by atoms with Gasteiger partial charge in [0.25, 0.3) is 0 Å². The molecule has 1 aromatic heterocycles. The summed E-state index contributed by atoms with van der Waals surface area (Å²) in [6.07, 6.45) is 3.08. The fourth-order valence-electron chi connectivity index (χ4n) is 6.48. The summed E-state index contributed by atoms with van der Waals surface area (Å²) in [6.45, 7) is 2.27. The van der Waals surface area contributed by atoms with Crippen LogP contribution in [0.3, 0.4) is 0 Å². The van der Waals surface area contributed by atoms with Crippen LogP contribution in [0, 0.1) is 17.6 Å². The van der Waals surface area contributed by atoms with Crippen molar-refractivity contribution in [3.8, 4) is 11.5 Å². The summed E-state index contributed by atoms with van der Waals surface area (Å²) in [5, 5.41) is 0.734. The van der Waals surface area contributed by atoms with Gasteiger partial charge in [0.2, 0.25) is 0 Å². The van der Waals surface area contributed by atoms with E-state index in [1.54, 1.807) is 42.7 Å². The number of para-hydroxylation sites is 1. The Morgan fingerprint density at radius 1 is 0.940 bits per heavy atom. The molecule has 13 heteroatoms. The third-order valence-electron chi connectivity index (χ3n) is 9.22. The van der Waals surface area contributed by atoms with E-state index in [0.29, 0.717) is 44.8 Å². The minimum atomic E-state index is -0.895. The van der Waals surface area contributed by atoms with E-state index >= 15 is 8.78 Å². The van der Waals surface area contributed by atoms with Gasteiger partial charge < -0.3 is 18.9 Å². The van der Waals surface area contributed by atoms with Crippen molar-refractivity contribution in [1.82, 2.24) is 4.90 Å². The van der Waals surface area contributed by atoms with Crippen LogP contribution in [0.2, 0.25) is 10.0 Å². The zero-order valence-corrected chi connectivity index (χ0v) is 29.0. The first-order valence-electron chi connectivity index (χ1n) is 16.2. The molecule has 7 rings (SSSR count). The highest BCUT2D eigenvalue weighted by atomic mass is 35.5. The highest BCUT2D eigenvalue weighted by molar-refractivity contribution is 6.35. The number of amides is 1. The number of nitrogens with zero attached hydrogens (tertiary/aromatic N) is 2. The maximum atomic E-state index is 15.0. The van der Waals surface area contributed by atoms with Gasteiger partial charge in [-0.1, -0.05) is 47.5 Å². The van der Waals surface area contributed by atoms with E-state index in [0.717, 1.165) is 43.0 Å². The second kappa shape index (κ2) is 15.6. The number of pyridine rings is 1. The van der Waals surface area contributed by atoms with E-state index in [4.69, 9.17) is 42.1 Å². The number of fused-ring (bicyclic) bond motifs is 3. The van der Waals surface area contributed by atoms with Crippen LogP contribution in [0.25, 0.3) is 0 Å². The fourth-order valence-corrected chi connectivity index (χ4v) is 7.01. The van der Waals surface area contributed by atoms with Gasteiger partial charge in [-0.15, -0.1) is 0 Å². The van der Waals surface area contributed by atoms with Crippen LogP contribution in [0.1, 0.15) is 46.0 Å². The van der Waals surface area contributed by atoms with E-state index < -0.39 is 35.5 Å². The van der Waals surface area contributed by atoms with Crippen LogP contribution in [0.5, 0.6) is 11.5 Å². The highest BCUT2D eigenvalue weighted by Crippen LogP contribution is 2.36. The number of carbonyl (C=O) groups is 2. The molecule has 0 spiro atoms.